The lowest BCUT2D eigenvalue weighted by Gasteiger charge is -2.32. The quantitative estimate of drug-likeness (QED) is 0.638. The van der Waals surface area contributed by atoms with Gasteiger partial charge in [-0.1, -0.05) is 43.2 Å². The van der Waals surface area contributed by atoms with E-state index in [2.05, 4.69) is 39.8 Å². The van der Waals surface area contributed by atoms with Gasteiger partial charge in [0.15, 0.2) is 0 Å². The molecule has 1 heteroatoms. The zero-order valence-electron chi connectivity index (χ0n) is 12.5. The third kappa shape index (κ3) is 4.29. The number of hydrogen-bond donors (Lipinski definition) is 0. The van der Waals surface area contributed by atoms with Gasteiger partial charge in [0, 0.05) is 6.42 Å². The molecule has 100 valence electrons. The van der Waals surface area contributed by atoms with Crippen molar-refractivity contribution < 1.29 is 4.79 Å². The molecule has 0 saturated carbocycles. The zero-order valence-corrected chi connectivity index (χ0v) is 12.5. The summed E-state index contributed by atoms with van der Waals surface area (Å²) in [6.07, 6.45) is 10.7. The summed E-state index contributed by atoms with van der Waals surface area (Å²) in [6, 6.07) is 0. The molecule has 0 saturated heterocycles. The van der Waals surface area contributed by atoms with Crippen LogP contribution >= 0.6 is 0 Å². The van der Waals surface area contributed by atoms with Gasteiger partial charge < -0.3 is 0 Å². The van der Waals surface area contributed by atoms with Crippen LogP contribution in [0, 0.1) is 5.41 Å². The van der Waals surface area contributed by atoms with Crippen molar-refractivity contribution in [3.63, 3.8) is 0 Å². The van der Waals surface area contributed by atoms with E-state index >= 15 is 0 Å². The van der Waals surface area contributed by atoms with Crippen molar-refractivity contribution in [2.75, 3.05) is 0 Å². The van der Waals surface area contributed by atoms with Gasteiger partial charge >= 0.3 is 0 Å². The number of hydrogen-bond acceptors (Lipinski definition) is 1. The Morgan fingerprint density at radius 1 is 1.33 bits per heavy atom. The minimum Gasteiger partial charge on any atom is -0.300 e. The van der Waals surface area contributed by atoms with Crippen LogP contribution in [-0.4, -0.2) is 5.78 Å². The number of ketones is 1. The summed E-state index contributed by atoms with van der Waals surface area (Å²) in [7, 11) is 0. The normalized spacial score (nSPS) is 20.6. The van der Waals surface area contributed by atoms with Crippen molar-refractivity contribution in [3.8, 4) is 0 Å². The predicted molar refractivity (Wildman–Crippen MR) is 78.5 cm³/mol. The average Bonchev–Trinajstić information content (AvgIpc) is 2.24. The fourth-order valence-electron chi connectivity index (χ4n) is 2.60. The minimum atomic E-state index is 0.219. The Balaban J connectivity index is 2.82. The minimum absolute atomic E-state index is 0.219. The van der Waals surface area contributed by atoms with Crippen LogP contribution in [0.1, 0.15) is 60.3 Å². The highest BCUT2D eigenvalue weighted by atomic mass is 16.1. The van der Waals surface area contributed by atoms with Crippen LogP contribution in [0.15, 0.2) is 34.9 Å². The molecule has 0 radical (unpaired) electrons. The molecule has 18 heavy (non-hydrogen) atoms. The molecule has 0 atom stereocenters. The SMILES string of the molecule is CC(=O)C/C=C(C)/C=C/C1=C(C)CCCC1(C)C. The highest BCUT2D eigenvalue weighted by Gasteiger charge is 2.26. The Morgan fingerprint density at radius 3 is 2.56 bits per heavy atom. The van der Waals surface area contributed by atoms with E-state index in [9.17, 15) is 4.79 Å². The van der Waals surface area contributed by atoms with Gasteiger partial charge in [0.2, 0.25) is 0 Å². The van der Waals surface area contributed by atoms with Crippen molar-refractivity contribution in [3.05, 3.63) is 34.9 Å². The van der Waals surface area contributed by atoms with Crippen LogP contribution in [-0.2, 0) is 4.79 Å². The topological polar surface area (TPSA) is 17.1 Å². The molecule has 0 amide bonds. The van der Waals surface area contributed by atoms with Crippen LogP contribution in [0.4, 0.5) is 0 Å². The molecule has 0 spiro atoms. The van der Waals surface area contributed by atoms with E-state index in [-0.39, 0.29) is 5.78 Å². The molecule has 0 unspecified atom stereocenters. The maximum atomic E-state index is 10.9. The molecular formula is C17H26O. The standard InChI is InChI=1S/C17H26O/c1-13(8-10-15(3)18)9-11-16-14(2)7-6-12-17(16,4)5/h8-9,11H,6-7,10,12H2,1-5H3/b11-9+,13-8+. The molecule has 0 aromatic rings. The van der Waals surface area contributed by atoms with Crippen molar-refractivity contribution in [1.82, 2.24) is 0 Å². The molecule has 1 aliphatic rings. The predicted octanol–water partition coefficient (Wildman–Crippen LogP) is 4.99. The van der Waals surface area contributed by atoms with Gasteiger partial charge in [-0.05, 0) is 51.0 Å². The van der Waals surface area contributed by atoms with Crippen LogP contribution in [0.2, 0.25) is 0 Å². The first-order valence-corrected chi connectivity index (χ1v) is 6.87. The van der Waals surface area contributed by atoms with Crippen molar-refractivity contribution in [2.45, 2.75) is 60.3 Å². The molecule has 1 aliphatic carbocycles. The van der Waals surface area contributed by atoms with Crippen molar-refractivity contribution >= 4 is 5.78 Å². The molecule has 0 fully saturated rings. The molecular weight excluding hydrogens is 220 g/mol. The summed E-state index contributed by atoms with van der Waals surface area (Å²) in [5.41, 5.74) is 4.46. The second-order valence-electron chi connectivity index (χ2n) is 6.12. The van der Waals surface area contributed by atoms with E-state index in [4.69, 9.17) is 0 Å². The van der Waals surface area contributed by atoms with Crippen LogP contribution in [0.3, 0.4) is 0 Å². The van der Waals surface area contributed by atoms with E-state index in [0.29, 0.717) is 11.8 Å². The number of rotatable bonds is 4. The Hall–Kier alpha value is -1.11. The third-order valence-electron chi connectivity index (χ3n) is 3.77. The Kier molecular flexibility index (Phi) is 5.13. The van der Waals surface area contributed by atoms with Crippen LogP contribution in [0.5, 0.6) is 0 Å². The Morgan fingerprint density at radius 2 is 2.00 bits per heavy atom. The lowest BCUT2D eigenvalue weighted by atomic mass is 9.72. The molecule has 0 aromatic carbocycles. The largest absolute Gasteiger partial charge is 0.300 e. The summed E-state index contributed by atoms with van der Waals surface area (Å²) in [5, 5.41) is 0. The smallest absolute Gasteiger partial charge is 0.133 e. The van der Waals surface area contributed by atoms with Gasteiger partial charge in [-0.15, -0.1) is 0 Å². The first-order valence-electron chi connectivity index (χ1n) is 6.87. The molecule has 0 bridgehead atoms. The van der Waals surface area contributed by atoms with Crippen molar-refractivity contribution in [2.24, 2.45) is 5.41 Å². The van der Waals surface area contributed by atoms with E-state index < -0.39 is 0 Å². The average molecular weight is 246 g/mol. The van der Waals surface area contributed by atoms with E-state index in [1.165, 1.54) is 36.0 Å². The van der Waals surface area contributed by atoms with Gasteiger partial charge in [0.05, 0.1) is 0 Å². The van der Waals surface area contributed by atoms with E-state index in [1.807, 2.05) is 6.08 Å². The van der Waals surface area contributed by atoms with Crippen LogP contribution < -0.4 is 0 Å². The van der Waals surface area contributed by atoms with Gasteiger partial charge in [-0.25, -0.2) is 0 Å². The molecule has 1 nitrogen and oxygen atoms in total. The molecule has 0 heterocycles. The Labute approximate surface area is 112 Å². The zero-order chi connectivity index (χ0) is 13.8. The molecule has 0 N–H and O–H groups in total. The summed E-state index contributed by atoms with van der Waals surface area (Å²) < 4.78 is 0. The number of Topliss-reactive ketones (excluding diaryl/α,β-unsaturated/α-hetero) is 1. The summed E-state index contributed by atoms with van der Waals surface area (Å²) in [6.45, 7) is 10.6. The molecule has 0 aliphatic heterocycles. The second-order valence-corrected chi connectivity index (χ2v) is 6.12. The number of carbonyl (C=O) groups is 1. The van der Waals surface area contributed by atoms with Gasteiger partial charge in [0.25, 0.3) is 0 Å². The molecule has 1 rings (SSSR count). The fourth-order valence-corrected chi connectivity index (χ4v) is 2.60. The van der Waals surface area contributed by atoms with Crippen molar-refractivity contribution in [1.29, 1.82) is 0 Å². The number of allylic oxidation sites excluding steroid dienone is 6. The summed E-state index contributed by atoms with van der Waals surface area (Å²) >= 11 is 0. The van der Waals surface area contributed by atoms with Gasteiger partial charge in [-0.3, -0.25) is 4.79 Å². The highest BCUT2D eigenvalue weighted by molar-refractivity contribution is 5.77. The lowest BCUT2D eigenvalue weighted by Crippen LogP contribution is -2.19. The summed E-state index contributed by atoms with van der Waals surface area (Å²) in [5.74, 6) is 0.219. The number of carbonyl (C=O) groups excluding carboxylic acids is 1. The third-order valence-corrected chi connectivity index (χ3v) is 3.77. The fraction of sp³-hybridized carbons (Fsp3) is 0.588. The van der Waals surface area contributed by atoms with E-state index in [1.54, 1.807) is 6.92 Å². The second kappa shape index (κ2) is 6.17. The van der Waals surface area contributed by atoms with Gasteiger partial charge in [-0.2, -0.15) is 0 Å². The monoisotopic (exact) mass is 246 g/mol. The maximum Gasteiger partial charge on any atom is 0.133 e. The Bertz CT molecular complexity index is 405. The first-order chi connectivity index (χ1) is 8.33. The summed E-state index contributed by atoms with van der Waals surface area (Å²) in [4.78, 5) is 10.9. The maximum absolute atomic E-state index is 10.9. The van der Waals surface area contributed by atoms with Crippen LogP contribution in [0.25, 0.3) is 0 Å². The lowest BCUT2D eigenvalue weighted by molar-refractivity contribution is -0.116. The van der Waals surface area contributed by atoms with Gasteiger partial charge in [0.1, 0.15) is 5.78 Å². The molecule has 0 aromatic heterocycles. The highest BCUT2D eigenvalue weighted by Crippen LogP contribution is 2.40. The van der Waals surface area contributed by atoms with E-state index in [0.717, 1.165) is 0 Å². The first kappa shape index (κ1) is 14.9.